The molecule has 0 atom stereocenters. The van der Waals surface area contributed by atoms with Crippen LogP contribution < -0.4 is 10.6 Å². The van der Waals surface area contributed by atoms with Crippen LogP contribution in [-0.4, -0.2) is 43.0 Å². The Labute approximate surface area is 147 Å². The Bertz CT molecular complexity index is 854. The molecular weight excluding hydrogens is 312 g/mol. The SMILES string of the molecule is CN(C)C(=O)c1ccc(NCCNc2cccc3ccccc23)nc1. The molecule has 5 heteroatoms. The van der Waals surface area contributed by atoms with E-state index in [0.717, 1.165) is 24.6 Å². The van der Waals surface area contributed by atoms with Crippen molar-refractivity contribution in [1.29, 1.82) is 0 Å². The smallest absolute Gasteiger partial charge is 0.254 e. The summed E-state index contributed by atoms with van der Waals surface area (Å²) in [6, 6.07) is 18.2. The number of pyridine rings is 1. The lowest BCUT2D eigenvalue weighted by Gasteiger charge is -2.12. The first-order valence-electron chi connectivity index (χ1n) is 8.28. The first-order chi connectivity index (χ1) is 12.1. The number of fused-ring (bicyclic) bond motifs is 1. The van der Waals surface area contributed by atoms with Crippen LogP contribution in [0.4, 0.5) is 11.5 Å². The van der Waals surface area contributed by atoms with Crippen LogP contribution >= 0.6 is 0 Å². The number of nitrogens with zero attached hydrogens (tertiary/aromatic N) is 2. The third kappa shape index (κ3) is 4.07. The highest BCUT2D eigenvalue weighted by Gasteiger charge is 2.07. The number of anilines is 2. The number of amides is 1. The molecule has 0 aliphatic rings. The molecule has 2 N–H and O–H groups in total. The van der Waals surface area contributed by atoms with Gasteiger partial charge in [-0.15, -0.1) is 0 Å². The average Bonchev–Trinajstić information content (AvgIpc) is 2.65. The van der Waals surface area contributed by atoms with Crippen LogP contribution in [0.5, 0.6) is 0 Å². The van der Waals surface area contributed by atoms with Gasteiger partial charge in [0.25, 0.3) is 5.91 Å². The van der Waals surface area contributed by atoms with Gasteiger partial charge in [-0.1, -0.05) is 36.4 Å². The fourth-order valence-corrected chi connectivity index (χ4v) is 2.65. The highest BCUT2D eigenvalue weighted by molar-refractivity contribution is 5.94. The number of hydrogen-bond donors (Lipinski definition) is 2. The van der Waals surface area contributed by atoms with Gasteiger partial charge in [0.15, 0.2) is 0 Å². The molecule has 3 aromatic rings. The van der Waals surface area contributed by atoms with E-state index in [0.29, 0.717) is 5.56 Å². The molecule has 0 saturated heterocycles. The summed E-state index contributed by atoms with van der Waals surface area (Å²) in [7, 11) is 3.46. The number of hydrogen-bond acceptors (Lipinski definition) is 4. The summed E-state index contributed by atoms with van der Waals surface area (Å²) in [6.45, 7) is 1.51. The third-order valence-corrected chi connectivity index (χ3v) is 3.95. The van der Waals surface area contributed by atoms with Gasteiger partial charge in [0.05, 0.1) is 5.56 Å². The zero-order valence-corrected chi connectivity index (χ0v) is 14.5. The summed E-state index contributed by atoms with van der Waals surface area (Å²) >= 11 is 0. The lowest BCUT2D eigenvalue weighted by molar-refractivity contribution is 0.0827. The highest BCUT2D eigenvalue weighted by Crippen LogP contribution is 2.22. The number of rotatable bonds is 6. The van der Waals surface area contributed by atoms with Crippen LogP contribution in [0.2, 0.25) is 0 Å². The van der Waals surface area contributed by atoms with Crippen molar-refractivity contribution in [2.75, 3.05) is 37.8 Å². The molecule has 0 aliphatic heterocycles. The van der Waals surface area contributed by atoms with Gasteiger partial charge in [-0.05, 0) is 23.6 Å². The molecule has 3 rings (SSSR count). The first kappa shape index (κ1) is 16.8. The van der Waals surface area contributed by atoms with Crippen molar-refractivity contribution in [2.24, 2.45) is 0 Å². The van der Waals surface area contributed by atoms with Gasteiger partial charge in [0.1, 0.15) is 5.82 Å². The fourth-order valence-electron chi connectivity index (χ4n) is 2.65. The molecule has 0 aliphatic carbocycles. The van der Waals surface area contributed by atoms with E-state index >= 15 is 0 Å². The molecule has 1 aromatic heterocycles. The van der Waals surface area contributed by atoms with Crippen LogP contribution in [0.15, 0.2) is 60.8 Å². The van der Waals surface area contributed by atoms with E-state index in [-0.39, 0.29) is 5.91 Å². The van der Waals surface area contributed by atoms with E-state index < -0.39 is 0 Å². The molecular formula is C20H22N4O. The molecule has 1 amide bonds. The van der Waals surface area contributed by atoms with Crippen LogP contribution in [-0.2, 0) is 0 Å². The minimum Gasteiger partial charge on any atom is -0.383 e. The van der Waals surface area contributed by atoms with Crippen LogP contribution in [0.25, 0.3) is 10.8 Å². The molecule has 0 fully saturated rings. The molecule has 2 aromatic carbocycles. The Morgan fingerprint density at radius 2 is 1.72 bits per heavy atom. The largest absolute Gasteiger partial charge is 0.383 e. The fraction of sp³-hybridized carbons (Fsp3) is 0.200. The first-order valence-corrected chi connectivity index (χ1v) is 8.28. The van der Waals surface area contributed by atoms with E-state index in [1.54, 1.807) is 26.4 Å². The topological polar surface area (TPSA) is 57.3 Å². The van der Waals surface area contributed by atoms with Crippen molar-refractivity contribution in [3.8, 4) is 0 Å². The van der Waals surface area contributed by atoms with Crippen LogP contribution in [0.3, 0.4) is 0 Å². The summed E-state index contributed by atoms with van der Waals surface area (Å²) in [4.78, 5) is 17.7. The van der Waals surface area contributed by atoms with E-state index in [2.05, 4.69) is 45.9 Å². The van der Waals surface area contributed by atoms with Gasteiger partial charge in [0, 0.05) is 44.5 Å². The lowest BCUT2D eigenvalue weighted by Crippen LogP contribution is -2.22. The lowest BCUT2D eigenvalue weighted by atomic mass is 10.1. The van der Waals surface area contributed by atoms with E-state index in [4.69, 9.17) is 0 Å². The molecule has 25 heavy (non-hydrogen) atoms. The van der Waals surface area contributed by atoms with Crippen molar-refractivity contribution in [1.82, 2.24) is 9.88 Å². The molecule has 0 radical (unpaired) electrons. The Hall–Kier alpha value is -3.08. The van der Waals surface area contributed by atoms with Crippen molar-refractivity contribution >= 4 is 28.2 Å². The summed E-state index contributed by atoms with van der Waals surface area (Å²) < 4.78 is 0. The standard InChI is InChI=1S/C20H22N4O/c1-24(2)20(25)16-10-11-19(23-14-16)22-13-12-21-18-9-5-7-15-6-3-4-8-17(15)18/h3-11,14,21H,12-13H2,1-2H3,(H,22,23). The number of nitrogens with one attached hydrogen (secondary N) is 2. The van der Waals surface area contributed by atoms with Gasteiger partial charge in [-0.2, -0.15) is 0 Å². The number of benzene rings is 2. The van der Waals surface area contributed by atoms with Gasteiger partial charge in [-0.3, -0.25) is 4.79 Å². The Kier molecular flexibility index (Phi) is 5.14. The molecule has 0 bridgehead atoms. The minimum atomic E-state index is -0.0447. The summed E-state index contributed by atoms with van der Waals surface area (Å²) in [6.07, 6.45) is 1.60. The predicted molar refractivity (Wildman–Crippen MR) is 103 cm³/mol. The summed E-state index contributed by atoms with van der Waals surface area (Å²) in [5.41, 5.74) is 1.71. The van der Waals surface area contributed by atoms with Gasteiger partial charge >= 0.3 is 0 Å². The van der Waals surface area contributed by atoms with Crippen molar-refractivity contribution < 1.29 is 4.79 Å². The quantitative estimate of drug-likeness (QED) is 0.678. The van der Waals surface area contributed by atoms with Crippen LogP contribution in [0, 0.1) is 0 Å². The van der Waals surface area contributed by atoms with E-state index in [9.17, 15) is 4.79 Å². The van der Waals surface area contributed by atoms with Crippen molar-refractivity contribution in [3.05, 3.63) is 66.4 Å². The molecule has 0 spiro atoms. The normalized spacial score (nSPS) is 10.5. The number of aromatic nitrogens is 1. The molecule has 0 unspecified atom stereocenters. The molecule has 0 saturated carbocycles. The highest BCUT2D eigenvalue weighted by atomic mass is 16.2. The summed E-state index contributed by atoms with van der Waals surface area (Å²) in [5.74, 6) is 0.715. The zero-order chi connectivity index (χ0) is 17.6. The van der Waals surface area contributed by atoms with E-state index in [1.807, 2.05) is 18.2 Å². The molecule has 5 nitrogen and oxygen atoms in total. The second kappa shape index (κ2) is 7.66. The van der Waals surface area contributed by atoms with Crippen molar-refractivity contribution in [2.45, 2.75) is 0 Å². The van der Waals surface area contributed by atoms with Gasteiger partial charge < -0.3 is 15.5 Å². The summed E-state index contributed by atoms with van der Waals surface area (Å²) in [5, 5.41) is 9.15. The zero-order valence-electron chi connectivity index (χ0n) is 14.5. The third-order valence-electron chi connectivity index (χ3n) is 3.95. The molecule has 128 valence electrons. The number of carbonyl (C=O) groups excluding carboxylic acids is 1. The second-order valence-corrected chi connectivity index (χ2v) is 6.01. The minimum absolute atomic E-state index is 0.0447. The maximum Gasteiger partial charge on any atom is 0.254 e. The maximum absolute atomic E-state index is 11.8. The second-order valence-electron chi connectivity index (χ2n) is 6.01. The van der Waals surface area contributed by atoms with Gasteiger partial charge in [0.2, 0.25) is 0 Å². The maximum atomic E-state index is 11.8. The van der Waals surface area contributed by atoms with Gasteiger partial charge in [-0.25, -0.2) is 4.98 Å². The molecule has 1 heterocycles. The van der Waals surface area contributed by atoms with Crippen molar-refractivity contribution in [3.63, 3.8) is 0 Å². The van der Waals surface area contributed by atoms with Crippen LogP contribution in [0.1, 0.15) is 10.4 Å². The Morgan fingerprint density at radius 3 is 2.48 bits per heavy atom. The number of carbonyl (C=O) groups is 1. The average molecular weight is 334 g/mol. The Morgan fingerprint density at radius 1 is 0.960 bits per heavy atom. The Balaban J connectivity index is 1.54. The van der Waals surface area contributed by atoms with E-state index in [1.165, 1.54) is 15.7 Å². The monoisotopic (exact) mass is 334 g/mol. The predicted octanol–water partition coefficient (Wildman–Crippen LogP) is 3.46.